The first-order chi connectivity index (χ1) is 8.21. The van der Waals surface area contributed by atoms with Crippen LogP contribution in [0.4, 0.5) is 13.2 Å². The maximum atomic E-state index is 12.2. The van der Waals surface area contributed by atoms with Crippen molar-refractivity contribution in [1.82, 2.24) is 0 Å². The van der Waals surface area contributed by atoms with Gasteiger partial charge in [0.25, 0.3) is 0 Å². The van der Waals surface area contributed by atoms with E-state index < -0.39 is 29.3 Å². The standard InChI is InChI=1S/C11H7F3O4/c12-11(13,14)7-3-1-6(2-4-7)8(15)5-9(16)10(17)18/h1-5,16H,(H,17,18). The number of aliphatic hydroxyl groups excluding tert-OH is 1. The van der Waals surface area contributed by atoms with Crippen molar-refractivity contribution in [1.29, 1.82) is 0 Å². The van der Waals surface area contributed by atoms with E-state index in [1.165, 1.54) is 0 Å². The molecule has 4 nitrogen and oxygen atoms in total. The van der Waals surface area contributed by atoms with Crippen LogP contribution in [-0.4, -0.2) is 22.0 Å². The molecule has 0 bridgehead atoms. The fourth-order valence-electron chi connectivity index (χ4n) is 1.09. The van der Waals surface area contributed by atoms with Gasteiger partial charge in [-0.05, 0) is 12.1 Å². The predicted molar refractivity (Wildman–Crippen MR) is 54.1 cm³/mol. The summed E-state index contributed by atoms with van der Waals surface area (Å²) in [4.78, 5) is 21.6. The lowest BCUT2D eigenvalue weighted by Gasteiger charge is -2.06. The number of hydrogen-bond acceptors (Lipinski definition) is 3. The van der Waals surface area contributed by atoms with E-state index >= 15 is 0 Å². The number of allylic oxidation sites excluding steroid dienone is 1. The Morgan fingerprint density at radius 2 is 1.56 bits per heavy atom. The molecular weight excluding hydrogens is 253 g/mol. The quantitative estimate of drug-likeness (QED) is 0.497. The molecule has 96 valence electrons. The van der Waals surface area contributed by atoms with Crippen molar-refractivity contribution < 1.29 is 33.0 Å². The molecule has 0 aliphatic heterocycles. The largest absolute Gasteiger partial charge is 0.502 e. The lowest BCUT2D eigenvalue weighted by atomic mass is 10.1. The molecule has 0 aliphatic rings. The average Bonchev–Trinajstić information content (AvgIpc) is 2.27. The van der Waals surface area contributed by atoms with Crippen LogP contribution in [0.2, 0.25) is 0 Å². The van der Waals surface area contributed by atoms with Gasteiger partial charge in [0, 0.05) is 11.6 Å². The predicted octanol–water partition coefficient (Wildman–Crippen LogP) is 2.41. The summed E-state index contributed by atoms with van der Waals surface area (Å²) in [5.74, 6) is -3.78. The molecule has 7 heteroatoms. The fourth-order valence-corrected chi connectivity index (χ4v) is 1.09. The third-order valence-corrected chi connectivity index (χ3v) is 1.98. The van der Waals surface area contributed by atoms with Crippen LogP contribution in [-0.2, 0) is 11.0 Å². The number of hydrogen-bond donors (Lipinski definition) is 2. The molecule has 1 aromatic rings. The highest BCUT2D eigenvalue weighted by Gasteiger charge is 2.30. The Bertz CT molecular complexity index is 500. The number of carbonyl (C=O) groups is 2. The fraction of sp³-hybridized carbons (Fsp3) is 0.0909. The molecule has 1 aromatic carbocycles. The molecule has 0 radical (unpaired) electrons. The van der Waals surface area contributed by atoms with Crippen LogP contribution >= 0.6 is 0 Å². The third-order valence-electron chi connectivity index (χ3n) is 1.98. The van der Waals surface area contributed by atoms with Gasteiger partial charge in [0.05, 0.1) is 5.56 Å². The lowest BCUT2D eigenvalue weighted by molar-refractivity contribution is -0.137. The minimum absolute atomic E-state index is 0.157. The molecule has 0 saturated heterocycles. The maximum absolute atomic E-state index is 12.2. The first kappa shape index (κ1) is 13.8. The Morgan fingerprint density at radius 1 is 1.06 bits per heavy atom. The van der Waals surface area contributed by atoms with Crippen LogP contribution in [0.3, 0.4) is 0 Å². The summed E-state index contributed by atoms with van der Waals surface area (Å²) in [6.07, 6.45) is -4.09. The molecule has 0 heterocycles. The Kier molecular flexibility index (Phi) is 3.75. The number of halogens is 3. The second-order valence-corrected chi connectivity index (χ2v) is 3.27. The Hall–Kier alpha value is -2.31. The molecule has 18 heavy (non-hydrogen) atoms. The van der Waals surface area contributed by atoms with Crippen molar-refractivity contribution >= 4 is 11.8 Å². The Labute approximate surface area is 99.0 Å². The van der Waals surface area contributed by atoms with Crippen LogP contribution in [0.1, 0.15) is 15.9 Å². The molecule has 1 rings (SSSR count). The normalized spacial score (nSPS) is 12.3. The van der Waals surface area contributed by atoms with Crippen LogP contribution < -0.4 is 0 Å². The molecular formula is C11H7F3O4. The Morgan fingerprint density at radius 3 is 1.94 bits per heavy atom. The van der Waals surface area contributed by atoms with Crippen molar-refractivity contribution in [3.63, 3.8) is 0 Å². The van der Waals surface area contributed by atoms with Gasteiger partial charge >= 0.3 is 12.1 Å². The monoisotopic (exact) mass is 260 g/mol. The minimum atomic E-state index is -4.51. The zero-order chi connectivity index (χ0) is 13.9. The van der Waals surface area contributed by atoms with Gasteiger partial charge in [-0.15, -0.1) is 0 Å². The van der Waals surface area contributed by atoms with Crippen LogP contribution in [0.5, 0.6) is 0 Å². The van der Waals surface area contributed by atoms with E-state index in [2.05, 4.69) is 0 Å². The molecule has 2 N–H and O–H groups in total. The van der Waals surface area contributed by atoms with Gasteiger partial charge in [-0.1, -0.05) is 12.1 Å². The highest BCUT2D eigenvalue weighted by molar-refractivity contribution is 6.07. The first-order valence-electron chi connectivity index (χ1n) is 4.57. The Balaban J connectivity index is 2.97. The van der Waals surface area contributed by atoms with Gasteiger partial charge in [0.1, 0.15) is 0 Å². The van der Waals surface area contributed by atoms with Gasteiger partial charge in [0.2, 0.25) is 5.76 Å². The van der Waals surface area contributed by atoms with Crippen molar-refractivity contribution in [3.05, 3.63) is 47.2 Å². The highest BCUT2D eigenvalue weighted by atomic mass is 19.4. The van der Waals surface area contributed by atoms with E-state index in [4.69, 9.17) is 10.2 Å². The van der Waals surface area contributed by atoms with Crippen LogP contribution in [0.25, 0.3) is 0 Å². The molecule has 0 unspecified atom stereocenters. The second-order valence-electron chi connectivity index (χ2n) is 3.27. The van der Waals surface area contributed by atoms with Gasteiger partial charge in [0.15, 0.2) is 5.78 Å². The van der Waals surface area contributed by atoms with Gasteiger partial charge in [-0.25, -0.2) is 4.79 Å². The van der Waals surface area contributed by atoms with Gasteiger partial charge in [-0.2, -0.15) is 13.2 Å². The number of rotatable bonds is 3. The average molecular weight is 260 g/mol. The topological polar surface area (TPSA) is 74.6 Å². The van der Waals surface area contributed by atoms with Crippen molar-refractivity contribution in [3.8, 4) is 0 Å². The zero-order valence-electron chi connectivity index (χ0n) is 8.73. The molecule has 0 aromatic heterocycles. The van der Waals surface area contributed by atoms with Crippen molar-refractivity contribution in [2.24, 2.45) is 0 Å². The van der Waals surface area contributed by atoms with Crippen molar-refractivity contribution in [2.45, 2.75) is 6.18 Å². The molecule has 0 spiro atoms. The molecule has 0 fully saturated rings. The van der Waals surface area contributed by atoms with E-state index in [1.807, 2.05) is 0 Å². The van der Waals surface area contributed by atoms with Crippen molar-refractivity contribution in [2.75, 3.05) is 0 Å². The molecule has 0 saturated carbocycles. The highest BCUT2D eigenvalue weighted by Crippen LogP contribution is 2.29. The third kappa shape index (κ3) is 3.34. The number of carbonyl (C=O) groups excluding carboxylic acids is 1. The van der Waals surface area contributed by atoms with Gasteiger partial charge < -0.3 is 10.2 Å². The maximum Gasteiger partial charge on any atom is 0.416 e. The number of carboxylic acids is 1. The zero-order valence-corrected chi connectivity index (χ0v) is 8.73. The van der Waals surface area contributed by atoms with E-state index in [0.29, 0.717) is 18.2 Å². The first-order valence-corrected chi connectivity index (χ1v) is 4.57. The van der Waals surface area contributed by atoms with E-state index in [-0.39, 0.29) is 5.56 Å². The number of ketones is 1. The number of alkyl halides is 3. The molecule has 0 amide bonds. The van der Waals surface area contributed by atoms with Gasteiger partial charge in [-0.3, -0.25) is 4.79 Å². The summed E-state index contributed by atoms with van der Waals surface area (Å²) in [6.45, 7) is 0. The van der Waals surface area contributed by atoms with E-state index in [0.717, 1.165) is 12.1 Å². The molecule has 0 atom stereocenters. The summed E-state index contributed by atoms with van der Waals surface area (Å²) in [6, 6.07) is 3.19. The minimum Gasteiger partial charge on any atom is -0.502 e. The summed E-state index contributed by atoms with van der Waals surface area (Å²) >= 11 is 0. The van der Waals surface area contributed by atoms with E-state index in [9.17, 15) is 22.8 Å². The summed E-state index contributed by atoms with van der Waals surface area (Å²) < 4.78 is 36.7. The SMILES string of the molecule is O=C(O)C(O)=CC(=O)c1ccc(C(F)(F)F)cc1. The van der Waals surface area contributed by atoms with E-state index in [1.54, 1.807) is 0 Å². The molecule has 0 aliphatic carbocycles. The number of aliphatic hydroxyl groups is 1. The smallest absolute Gasteiger partial charge is 0.416 e. The summed E-state index contributed by atoms with van der Waals surface area (Å²) in [5.41, 5.74) is -1.08. The second kappa shape index (κ2) is 4.91. The number of benzene rings is 1. The summed E-state index contributed by atoms with van der Waals surface area (Å²) in [5, 5.41) is 17.1. The van der Waals surface area contributed by atoms with Crippen LogP contribution in [0.15, 0.2) is 36.1 Å². The lowest BCUT2D eigenvalue weighted by Crippen LogP contribution is -2.06. The summed E-state index contributed by atoms with van der Waals surface area (Å²) in [7, 11) is 0. The number of aliphatic carboxylic acids is 1. The van der Waals surface area contributed by atoms with Crippen LogP contribution in [0, 0.1) is 0 Å². The number of carboxylic acid groups (broad SMARTS) is 1.